The van der Waals surface area contributed by atoms with Gasteiger partial charge in [-0.05, 0) is 29.7 Å². The molecule has 0 fully saturated rings. The van der Waals surface area contributed by atoms with Crippen LogP contribution in [0.3, 0.4) is 0 Å². The number of hydrogen-bond donors (Lipinski definition) is 1. The van der Waals surface area contributed by atoms with E-state index in [1.165, 1.54) is 35.6 Å². The first-order valence-corrected chi connectivity index (χ1v) is 6.78. The summed E-state index contributed by atoms with van der Waals surface area (Å²) in [5.41, 5.74) is 0.0774. The van der Waals surface area contributed by atoms with Crippen molar-refractivity contribution >= 4 is 46.3 Å². The van der Waals surface area contributed by atoms with Crippen LogP contribution in [0.1, 0.15) is 4.88 Å². The van der Waals surface area contributed by atoms with Crippen LogP contribution >= 0.6 is 22.9 Å². The lowest BCUT2D eigenvalue weighted by molar-refractivity contribution is -0.384. The van der Waals surface area contributed by atoms with Gasteiger partial charge in [0.1, 0.15) is 5.02 Å². The third kappa shape index (κ3) is 3.66. The molecule has 2 aromatic rings. The van der Waals surface area contributed by atoms with E-state index in [4.69, 9.17) is 11.6 Å². The molecule has 0 aliphatic carbocycles. The van der Waals surface area contributed by atoms with Crippen molar-refractivity contribution in [2.45, 2.75) is 0 Å². The Morgan fingerprint density at radius 3 is 2.85 bits per heavy atom. The van der Waals surface area contributed by atoms with Crippen molar-refractivity contribution in [3.8, 4) is 0 Å². The van der Waals surface area contributed by atoms with Crippen molar-refractivity contribution in [2.24, 2.45) is 0 Å². The van der Waals surface area contributed by atoms with E-state index in [0.29, 0.717) is 5.69 Å². The minimum Gasteiger partial charge on any atom is -0.322 e. The number of rotatable bonds is 4. The molecule has 2 rings (SSSR count). The molecule has 0 saturated carbocycles. The van der Waals surface area contributed by atoms with Crippen LogP contribution in [0, 0.1) is 10.1 Å². The van der Waals surface area contributed by atoms with Crippen LogP contribution in [0.15, 0.2) is 41.8 Å². The quantitative estimate of drug-likeness (QED) is 0.528. The van der Waals surface area contributed by atoms with E-state index >= 15 is 0 Å². The summed E-state index contributed by atoms with van der Waals surface area (Å²) in [5, 5.41) is 15.2. The lowest BCUT2D eigenvalue weighted by Gasteiger charge is -2.02. The molecule has 0 unspecified atom stereocenters. The van der Waals surface area contributed by atoms with Gasteiger partial charge in [-0.3, -0.25) is 14.9 Å². The Morgan fingerprint density at radius 2 is 2.20 bits per heavy atom. The second-order valence-corrected chi connectivity index (χ2v) is 5.15. The third-order valence-electron chi connectivity index (χ3n) is 2.35. The van der Waals surface area contributed by atoms with Gasteiger partial charge in [0.15, 0.2) is 0 Å². The zero-order chi connectivity index (χ0) is 14.5. The summed E-state index contributed by atoms with van der Waals surface area (Å²) in [6.45, 7) is 0. The second-order valence-electron chi connectivity index (χ2n) is 3.76. The number of benzene rings is 1. The van der Waals surface area contributed by atoms with Gasteiger partial charge in [-0.15, -0.1) is 11.3 Å². The topological polar surface area (TPSA) is 72.2 Å². The standard InChI is InChI=1S/C13H9ClN2O3S/c14-11-5-3-9(8-12(11)16(18)19)15-13(17)6-4-10-2-1-7-20-10/h1-8H,(H,15,17)/b6-4+. The highest BCUT2D eigenvalue weighted by atomic mass is 35.5. The van der Waals surface area contributed by atoms with Crippen molar-refractivity contribution in [1.29, 1.82) is 0 Å². The normalized spacial score (nSPS) is 10.7. The zero-order valence-electron chi connectivity index (χ0n) is 10.1. The number of nitro benzene ring substituents is 1. The van der Waals surface area contributed by atoms with Crippen molar-refractivity contribution in [3.05, 3.63) is 61.8 Å². The summed E-state index contributed by atoms with van der Waals surface area (Å²) >= 11 is 7.20. The summed E-state index contributed by atoms with van der Waals surface area (Å²) < 4.78 is 0. The van der Waals surface area contributed by atoms with Gasteiger partial charge in [0.2, 0.25) is 5.91 Å². The number of anilines is 1. The van der Waals surface area contributed by atoms with Crippen LogP contribution in [0.2, 0.25) is 5.02 Å². The van der Waals surface area contributed by atoms with Crippen molar-refractivity contribution in [1.82, 2.24) is 0 Å². The molecule has 1 aromatic carbocycles. The maximum atomic E-state index is 11.7. The molecule has 0 saturated heterocycles. The van der Waals surface area contributed by atoms with Gasteiger partial charge < -0.3 is 5.32 Å². The van der Waals surface area contributed by atoms with E-state index in [9.17, 15) is 14.9 Å². The smallest absolute Gasteiger partial charge is 0.289 e. The fraction of sp³-hybridized carbons (Fsp3) is 0. The molecule has 0 spiro atoms. The van der Waals surface area contributed by atoms with E-state index in [1.54, 1.807) is 6.08 Å². The highest BCUT2D eigenvalue weighted by molar-refractivity contribution is 7.10. The molecule has 1 aromatic heterocycles. The van der Waals surface area contributed by atoms with Crippen molar-refractivity contribution < 1.29 is 9.72 Å². The van der Waals surface area contributed by atoms with Crippen LogP contribution in [-0.2, 0) is 4.79 Å². The first-order valence-electron chi connectivity index (χ1n) is 5.53. The van der Waals surface area contributed by atoms with Gasteiger partial charge in [-0.25, -0.2) is 0 Å². The molecule has 0 aliphatic rings. The molecular weight excluding hydrogens is 300 g/mol. The fourth-order valence-corrected chi connectivity index (χ4v) is 2.26. The predicted octanol–water partition coefficient (Wildman–Crippen LogP) is 3.96. The molecule has 5 nitrogen and oxygen atoms in total. The van der Waals surface area contributed by atoms with Gasteiger partial charge in [0.25, 0.3) is 5.69 Å². The Morgan fingerprint density at radius 1 is 1.40 bits per heavy atom. The Labute approximate surface area is 123 Å². The summed E-state index contributed by atoms with van der Waals surface area (Å²) in [6, 6.07) is 7.86. The maximum Gasteiger partial charge on any atom is 0.289 e. The number of nitrogens with one attached hydrogen (secondary N) is 1. The van der Waals surface area contributed by atoms with E-state index in [-0.39, 0.29) is 16.6 Å². The van der Waals surface area contributed by atoms with Crippen LogP contribution in [0.5, 0.6) is 0 Å². The lowest BCUT2D eigenvalue weighted by atomic mass is 10.2. The van der Waals surface area contributed by atoms with Gasteiger partial charge >= 0.3 is 0 Å². The minimum absolute atomic E-state index is 0.0297. The monoisotopic (exact) mass is 308 g/mol. The Balaban J connectivity index is 2.08. The number of amides is 1. The molecule has 102 valence electrons. The molecule has 1 heterocycles. The summed E-state index contributed by atoms with van der Waals surface area (Å²) in [5.74, 6) is -0.366. The Kier molecular flexibility index (Phi) is 4.49. The average Bonchev–Trinajstić information content (AvgIpc) is 2.91. The maximum absolute atomic E-state index is 11.7. The number of hydrogen-bond acceptors (Lipinski definition) is 4. The molecule has 0 atom stereocenters. The van der Waals surface area contributed by atoms with Crippen LogP contribution in [0.25, 0.3) is 6.08 Å². The largest absolute Gasteiger partial charge is 0.322 e. The van der Waals surface area contributed by atoms with Crippen LogP contribution in [0.4, 0.5) is 11.4 Å². The van der Waals surface area contributed by atoms with Crippen LogP contribution in [-0.4, -0.2) is 10.8 Å². The van der Waals surface area contributed by atoms with E-state index in [1.807, 2.05) is 17.5 Å². The Bertz CT molecular complexity index is 668. The lowest BCUT2D eigenvalue weighted by Crippen LogP contribution is -2.07. The molecule has 0 aliphatic heterocycles. The number of thiophene rings is 1. The van der Waals surface area contributed by atoms with Crippen molar-refractivity contribution in [2.75, 3.05) is 5.32 Å². The SMILES string of the molecule is O=C(/C=C/c1cccs1)Nc1ccc(Cl)c([N+](=O)[O-])c1. The minimum atomic E-state index is -0.598. The highest BCUT2D eigenvalue weighted by Crippen LogP contribution is 2.27. The summed E-state index contributed by atoms with van der Waals surface area (Å²) in [7, 11) is 0. The average molecular weight is 309 g/mol. The summed E-state index contributed by atoms with van der Waals surface area (Å²) in [6.07, 6.45) is 3.04. The molecule has 0 bridgehead atoms. The number of carbonyl (C=O) groups excluding carboxylic acids is 1. The van der Waals surface area contributed by atoms with Crippen LogP contribution < -0.4 is 5.32 Å². The molecule has 0 radical (unpaired) electrons. The molecule has 7 heteroatoms. The van der Waals surface area contributed by atoms with Crippen molar-refractivity contribution in [3.63, 3.8) is 0 Å². The third-order valence-corrected chi connectivity index (χ3v) is 3.51. The van der Waals surface area contributed by atoms with E-state index in [2.05, 4.69) is 5.32 Å². The number of carbonyl (C=O) groups is 1. The molecular formula is C13H9ClN2O3S. The highest BCUT2D eigenvalue weighted by Gasteiger charge is 2.13. The number of nitro groups is 1. The van der Waals surface area contributed by atoms with Gasteiger partial charge in [-0.2, -0.15) is 0 Å². The molecule has 1 N–H and O–H groups in total. The molecule has 20 heavy (non-hydrogen) atoms. The molecule has 1 amide bonds. The van der Waals surface area contributed by atoms with Gasteiger partial charge in [-0.1, -0.05) is 17.7 Å². The second kappa shape index (κ2) is 6.31. The number of nitrogens with zero attached hydrogens (tertiary/aromatic N) is 1. The van der Waals surface area contributed by atoms with Gasteiger partial charge in [0, 0.05) is 22.7 Å². The first-order chi connectivity index (χ1) is 9.56. The van der Waals surface area contributed by atoms with E-state index < -0.39 is 4.92 Å². The fourth-order valence-electron chi connectivity index (χ4n) is 1.46. The number of halogens is 1. The first kappa shape index (κ1) is 14.2. The Hall–Kier alpha value is -2.18. The van der Waals surface area contributed by atoms with Gasteiger partial charge in [0.05, 0.1) is 4.92 Å². The van der Waals surface area contributed by atoms with E-state index in [0.717, 1.165) is 4.88 Å². The zero-order valence-corrected chi connectivity index (χ0v) is 11.6. The predicted molar refractivity (Wildman–Crippen MR) is 80.1 cm³/mol. The summed E-state index contributed by atoms with van der Waals surface area (Å²) in [4.78, 5) is 22.8.